The van der Waals surface area contributed by atoms with Crippen LogP contribution in [0.25, 0.3) is 17.0 Å². The largest absolute Gasteiger partial charge is 0.291 e. The number of rotatable bonds is 1. The van der Waals surface area contributed by atoms with Gasteiger partial charge in [0, 0.05) is 10.6 Å². The zero-order valence-electron chi connectivity index (χ0n) is 7.95. The second kappa shape index (κ2) is 3.49. The van der Waals surface area contributed by atoms with E-state index in [2.05, 4.69) is 25.6 Å². The molecule has 7 heteroatoms. The van der Waals surface area contributed by atoms with Crippen molar-refractivity contribution in [3.05, 3.63) is 35.5 Å². The minimum absolute atomic E-state index is 0.373. The maximum atomic E-state index is 5.80. The first-order valence-electron chi connectivity index (χ1n) is 4.50. The fraction of sp³-hybridized carbons (Fsp3) is 0. The number of tetrazole rings is 1. The molecule has 2 aromatic heterocycles. The van der Waals surface area contributed by atoms with Crippen molar-refractivity contribution in [3.8, 4) is 11.3 Å². The van der Waals surface area contributed by atoms with Crippen LogP contribution in [0.2, 0.25) is 5.02 Å². The number of hydrogen-bond acceptors (Lipinski definition) is 5. The summed E-state index contributed by atoms with van der Waals surface area (Å²) in [5.74, 6) is 0.373. The molecule has 0 saturated carbocycles. The molecule has 0 spiro atoms. The Bertz CT molecular complexity index is 632. The highest BCUT2D eigenvalue weighted by Gasteiger charge is 2.04. The van der Waals surface area contributed by atoms with Crippen LogP contribution in [0.15, 0.2) is 30.5 Å². The van der Waals surface area contributed by atoms with E-state index in [9.17, 15) is 0 Å². The molecule has 3 aromatic rings. The molecular formula is C9H5ClN6. The predicted octanol–water partition coefficient (Wildman–Crippen LogP) is 1.23. The Morgan fingerprint density at radius 3 is 2.75 bits per heavy atom. The summed E-state index contributed by atoms with van der Waals surface area (Å²) in [7, 11) is 0. The monoisotopic (exact) mass is 232 g/mol. The third-order valence-corrected chi connectivity index (χ3v) is 2.33. The molecule has 0 aliphatic rings. The number of aromatic nitrogens is 6. The van der Waals surface area contributed by atoms with Gasteiger partial charge >= 0.3 is 0 Å². The van der Waals surface area contributed by atoms with Crippen molar-refractivity contribution in [1.29, 1.82) is 0 Å². The molecule has 0 atom stereocenters. The van der Waals surface area contributed by atoms with E-state index in [1.165, 1.54) is 4.63 Å². The van der Waals surface area contributed by atoms with Gasteiger partial charge in [0.05, 0.1) is 6.20 Å². The van der Waals surface area contributed by atoms with Gasteiger partial charge < -0.3 is 0 Å². The van der Waals surface area contributed by atoms with Gasteiger partial charge in [0.25, 0.3) is 5.78 Å². The average molecular weight is 233 g/mol. The van der Waals surface area contributed by atoms with Gasteiger partial charge in [-0.15, -0.1) is 5.10 Å². The van der Waals surface area contributed by atoms with E-state index < -0.39 is 0 Å². The van der Waals surface area contributed by atoms with E-state index in [1.54, 1.807) is 18.3 Å². The molecule has 78 valence electrons. The Kier molecular flexibility index (Phi) is 2.00. The Balaban J connectivity index is 2.14. The molecule has 0 N–H and O–H groups in total. The van der Waals surface area contributed by atoms with Gasteiger partial charge in [0.15, 0.2) is 0 Å². The highest BCUT2D eigenvalue weighted by atomic mass is 35.5. The lowest BCUT2D eigenvalue weighted by Crippen LogP contribution is -1.98. The van der Waals surface area contributed by atoms with Crippen LogP contribution in [0.1, 0.15) is 0 Å². The Labute approximate surface area is 94.9 Å². The average Bonchev–Trinajstić information content (AvgIpc) is 2.77. The molecule has 6 nitrogen and oxygen atoms in total. The summed E-state index contributed by atoms with van der Waals surface area (Å²) >= 11 is 5.80. The molecule has 0 unspecified atom stereocenters. The van der Waals surface area contributed by atoms with Gasteiger partial charge in [0.1, 0.15) is 5.69 Å². The van der Waals surface area contributed by atoms with Crippen molar-refractivity contribution < 1.29 is 0 Å². The number of halogens is 1. The van der Waals surface area contributed by atoms with Crippen LogP contribution in [0.5, 0.6) is 0 Å². The zero-order valence-corrected chi connectivity index (χ0v) is 8.70. The van der Waals surface area contributed by atoms with Crippen LogP contribution < -0.4 is 0 Å². The van der Waals surface area contributed by atoms with E-state index >= 15 is 0 Å². The number of fused-ring (bicyclic) bond motifs is 1. The third-order valence-electron chi connectivity index (χ3n) is 2.08. The van der Waals surface area contributed by atoms with Gasteiger partial charge in [-0.2, -0.15) is 0 Å². The lowest BCUT2D eigenvalue weighted by atomic mass is 10.2. The molecule has 16 heavy (non-hydrogen) atoms. The van der Waals surface area contributed by atoms with E-state index in [-0.39, 0.29) is 0 Å². The fourth-order valence-corrected chi connectivity index (χ4v) is 1.45. The smallest absolute Gasteiger partial charge is 0.215 e. The summed E-state index contributed by atoms with van der Waals surface area (Å²) in [5.41, 5.74) is 1.60. The molecule has 0 aliphatic heterocycles. The molecule has 2 heterocycles. The van der Waals surface area contributed by atoms with Crippen molar-refractivity contribution >= 4 is 17.4 Å². The number of hydrogen-bond donors (Lipinski definition) is 0. The molecule has 0 amide bonds. The number of nitrogens with zero attached hydrogens (tertiary/aromatic N) is 6. The van der Waals surface area contributed by atoms with Gasteiger partial charge in [-0.3, -0.25) is 0 Å². The molecule has 0 aliphatic carbocycles. The van der Waals surface area contributed by atoms with E-state index in [0.717, 1.165) is 5.56 Å². The topological polar surface area (TPSA) is 68.9 Å². The summed E-state index contributed by atoms with van der Waals surface area (Å²) in [5, 5.41) is 15.7. The van der Waals surface area contributed by atoms with E-state index in [4.69, 9.17) is 11.6 Å². The first-order valence-corrected chi connectivity index (χ1v) is 4.88. The quantitative estimate of drug-likeness (QED) is 0.631. The summed E-state index contributed by atoms with van der Waals surface area (Å²) in [6.45, 7) is 0. The lowest BCUT2D eigenvalue weighted by molar-refractivity contribution is 0.729. The second-order valence-electron chi connectivity index (χ2n) is 3.12. The van der Waals surface area contributed by atoms with Crippen LogP contribution in [0.3, 0.4) is 0 Å². The standard InChI is InChI=1S/C9H5ClN6/c10-7-3-1-6(2-4-7)8-5-11-9-12-14-15-16(9)13-8/h1-5H. The summed E-state index contributed by atoms with van der Waals surface area (Å²) in [4.78, 5) is 4.07. The lowest BCUT2D eigenvalue weighted by Gasteiger charge is -1.99. The Morgan fingerprint density at radius 1 is 1.12 bits per heavy atom. The first-order chi connectivity index (χ1) is 7.83. The molecule has 0 fully saturated rings. The molecule has 0 radical (unpaired) electrons. The number of benzene rings is 1. The second-order valence-corrected chi connectivity index (χ2v) is 3.56. The van der Waals surface area contributed by atoms with Crippen molar-refractivity contribution in [3.63, 3.8) is 0 Å². The molecule has 0 bridgehead atoms. The summed E-state index contributed by atoms with van der Waals surface area (Å²) in [6.07, 6.45) is 1.62. The molecule has 3 rings (SSSR count). The van der Waals surface area contributed by atoms with Crippen molar-refractivity contribution in [1.82, 2.24) is 30.2 Å². The van der Waals surface area contributed by atoms with Crippen LogP contribution >= 0.6 is 11.6 Å². The highest BCUT2D eigenvalue weighted by molar-refractivity contribution is 6.30. The predicted molar refractivity (Wildman–Crippen MR) is 56.8 cm³/mol. The molecule has 0 saturated heterocycles. The van der Waals surface area contributed by atoms with Gasteiger partial charge in [-0.05, 0) is 22.6 Å². The first kappa shape index (κ1) is 9.17. The van der Waals surface area contributed by atoms with Crippen LogP contribution in [0, 0.1) is 0 Å². The van der Waals surface area contributed by atoms with Crippen molar-refractivity contribution in [2.45, 2.75) is 0 Å². The Morgan fingerprint density at radius 2 is 1.94 bits per heavy atom. The minimum atomic E-state index is 0.373. The van der Waals surface area contributed by atoms with Crippen molar-refractivity contribution in [2.24, 2.45) is 0 Å². The summed E-state index contributed by atoms with van der Waals surface area (Å²) in [6, 6.07) is 7.32. The minimum Gasteiger partial charge on any atom is -0.215 e. The molecular weight excluding hydrogens is 228 g/mol. The van der Waals surface area contributed by atoms with Gasteiger partial charge in [0.2, 0.25) is 0 Å². The van der Waals surface area contributed by atoms with Gasteiger partial charge in [-0.25, -0.2) is 4.98 Å². The maximum Gasteiger partial charge on any atom is 0.291 e. The SMILES string of the molecule is Clc1ccc(-c2cnc3nnnn3n2)cc1. The normalized spacial score (nSPS) is 10.8. The van der Waals surface area contributed by atoms with Crippen LogP contribution in [0.4, 0.5) is 0 Å². The van der Waals surface area contributed by atoms with Crippen molar-refractivity contribution in [2.75, 3.05) is 0 Å². The third kappa shape index (κ3) is 1.49. The van der Waals surface area contributed by atoms with E-state index in [0.29, 0.717) is 16.5 Å². The van der Waals surface area contributed by atoms with Crippen LogP contribution in [-0.4, -0.2) is 30.2 Å². The molecule has 1 aromatic carbocycles. The maximum absolute atomic E-state index is 5.80. The highest BCUT2D eigenvalue weighted by Crippen LogP contribution is 2.18. The van der Waals surface area contributed by atoms with Crippen LogP contribution in [-0.2, 0) is 0 Å². The fourth-order valence-electron chi connectivity index (χ4n) is 1.32. The Hall–Kier alpha value is -2.08. The van der Waals surface area contributed by atoms with Gasteiger partial charge in [-0.1, -0.05) is 33.5 Å². The summed E-state index contributed by atoms with van der Waals surface area (Å²) < 4.78 is 1.28. The zero-order chi connectivity index (χ0) is 11.0. The van der Waals surface area contributed by atoms with E-state index in [1.807, 2.05) is 12.1 Å².